The summed E-state index contributed by atoms with van der Waals surface area (Å²) in [5.74, 6) is 0.730. The third kappa shape index (κ3) is 7.35. The molecule has 0 aliphatic rings. The van der Waals surface area contributed by atoms with Gasteiger partial charge in [0, 0.05) is 12.1 Å². The van der Waals surface area contributed by atoms with Crippen LogP contribution in [0.25, 0.3) is 0 Å². The van der Waals surface area contributed by atoms with Crippen molar-refractivity contribution in [2.45, 2.75) is 26.1 Å². The van der Waals surface area contributed by atoms with E-state index in [2.05, 4.69) is 5.32 Å². The van der Waals surface area contributed by atoms with Gasteiger partial charge >= 0.3 is 6.18 Å². The molecule has 1 rings (SSSR count). The zero-order valence-electron chi connectivity index (χ0n) is 11.5. The van der Waals surface area contributed by atoms with Crippen LogP contribution in [0.2, 0.25) is 0 Å². The third-order valence-electron chi connectivity index (χ3n) is 2.55. The molecule has 1 aromatic carbocycles. The van der Waals surface area contributed by atoms with E-state index < -0.39 is 12.6 Å². The number of benzene rings is 1. The minimum Gasteiger partial charge on any atom is -0.491 e. The predicted octanol–water partition coefficient (Wildman–Crippen LogP) is 3.14. The van der Waals surface area contributed by atoms with E-state index in [1.807, 2.05) is 31.2 Å². The molecule has 0 amide bonds. The van der Waals surface area contributed by atoms with Gasteiger partial charge in [0.2, 0.25) is 0 Å². The van der Waals surface area contributed by atoms with Gasteiger partial charge in [0.25, 0.3) is 0 Å². The minimum absolute atomic E-state index is 0.144. The zero-order valence-corrected chi connectivity index (χ0v) is 11.5. The molecule has 0 spiro atoms. The largest absolute Gasteiger partial charge is 0.491 e. The van der Waals surface area contributed by atoms with E-state index in [9.17, 15) is 13.2 Å². The topological polar surface area (TPSA) is 30.5 Å². The highest BCUT2D eigenvalue weighted by Crippen LogP contribution is 2.19. The van der Waals surface area contributed by atoms with Gasteiger partial charge in [-0.1, -0.05) is 25.1 Å². The molecule has 0 unspecified atom stereocenters. The average molecular weight is 291 g/mol. The smallest absolute Gasteiger partial charge is 0.391 e. The number of hydrogen-bond acceptors (Lipinski definition) is 3. The van der Waals surface area contributed by atoms with Gasteiger partial charge in [0.1, 0.15) is 12.4 Å². The van der Waals surface area contributed by atoms with Crippen LogP contribution in [-0.2, 0) is 11.3 Å². The lowest BCUT2D eigenvalue weighted by molar-refractivity contribution is -0.145. The first kappa shape index (κ1) is 16.8. The summed E-state index contributed by atoms with van der Waals surface area (Å²) in [7, 11) is 0. The van der Waals surface area contributed by atoms with E-state index in [0.29, 0.717) is 6.54 Å². The maximum Gasteiger partial charge on any atom is 0.391 e. The zero-order chi connectivity index (χ0) is 14.8. The van der Waals surface area contributed by atoms with Crippen molar-refractivity contribution in [1.29, 1.82) is 0 Å². The van der Waals surface area contributed by atoms with Crippen LogP contribution >= 0.6 is 0 Å². The third-order valence-corrected chi connectivity index (χ3v) is 2.55. The van der Waals surface area contributed by atoms with E-state index in [1.54, 1.807) is 0 Å². The van der Waals surface area contributed by atoms with Crippen LogP contribution in [-0.4, -0.2) is 32.5 Å². The lowest BCUT2D eigenvalue weighted by Gasteiger charge is -2.12. The van der Waals surface area contributed by atoms with E-state index in [-0.39, 0.29) is 19.8 Å². The fraction of sp³-hybridized carbons (Fsp3) is 0.571. The second kappa shape index (κ2) is 8.81. The summed E-state index contributed by atoms with van der Waals surface area (Å²) in [5.41, 5.74) is 1.02. The van der Waals surface area contributed by atoms with Crippen LogP contribution in [0.15, 0.2) is 24.3 Å². The first-order chi connectivity index (χ1) is 9.53. The summed E-state index contributed by atoms with van der Waals surface area (Å²) in [6.07, 6.45) is -5.09. The van der Waals surface area contributed by atoms with E-state index in [1.165, 1.54) is 0 Å². The first-order valence-corrected chi connectivity index (χ1v) is 6.59. The fourth-order valence-corrected chi connectivity index (χ4v) is 1.55. The van der Waals surface area contributed by atoms with Gasteiger partial charge in [-0.2, -0.15) is 13.2 Å². The molecule has 0 saturated heterocycles. The molecule has 0 aliphatic carbocycles. The fourth-order valence-electron chi connectivity index (χ4n) is 1.55. The molecule has 0 saturated carbocycles. The Kier molecular flexibility index (Phi) is 7.40. The molecule has 0 heterocycles. The highest BCUT2D eigenvalue weighted by atomic mass is 19.4. The van der Waals surface area contributed by atoms with Gasteiger partial charge in [-0.05, 0) is 12.6 Å². The summed E-state index contributed by atoms with van der Waals surface area (Å²) in [6, 6.07) is 7.56. The molecule has 0 aliphatic heterocycles. The number of nitrogens with one attached hydrogen (secondary N) is 1. The Balaban J connectivity index is 2.24. The van der Waals surface area contributed by atoms with Crippen LogP contribution in [0.4, 0.5) is 13.2 Å². The van der Waals surface area contributed by atoms with Crippen molar-refractivity contribution in [3.63, 3.8) is 0 Å². The molecule has 0 fully saturated rings. The van der Waals surface area contributed by atoms with Crippen LogP contribution in [0.1, 0.15) is 18.9 Å². The van der Waals surface area contributed by atoms with Gasteiger partial charge in [-0.3, -0.25) is 0 Å². The Morgan fingerprint density at radius 1 is 1.10 bits per heavy atom. The Labute approximate surface area is 117 Å². The maximum absolute atomic E-state index is 11.9. The second-order valence-electron chi connectivity index (χ2n) is 4.21. The lowest BCUT2D eigenvalue weighted by Crippen LogP contribution is -2.15. The first-order valence-electron chi connectivity index (χ1n) is 6.59. The van der Waals surface area contributed by atoms with Crippen molar-refractivity contribution in [2.24, 2.45) is 0 Å². The van der Waals surface area contributed by atoms with Crippen molar-refractivity contribution in [2.75, 3.05) is 26.4 Å². The number of hydrogen-bond donors (Lipinski definition) is 1. The summed E-state index contributed by atoms with van der Waals surface area (Å²) in [6.45, 7) is 3.62. The summed E-state index contributed by atoms with van der Waals surface area (Å²) in [4.78, 5) is 0. The molecule has 1 aromatic rings. The molecule has 114 valence electrons. The normalized spacial score (nSPS) is 11.6. The SMILES string of the molecule is CCNCc1ccccc1OCCOCCC(F)(F)F. The number of halogens is 3. The number of para-hydroxylation sites is 1. The van der Waals surface area contributed by atoms with Gasteiger partial charge in [-0.15, -0.1) is 0 Å². The van der Waals surface area contributed by atoms with Crippen molar-refractivity contribution >= 4 is 0 Å². The Bertz CT molecular complexity index is 383. The highest BCUT2D eigenvalue weighted by molar-refractivity contribution is 5.33. The molecule has 0 radical (unpaired) electrons. The van der Waals surface area contributed by atoms with Crippen molar-refractivity contribution in [1.82, 2.24) is 5.32 Å². The highest BCUT2D eigenvalue weighted by Gasteiger charge is 2.26. The molecule has 0 aromatic heterocycles. The average Bonchev–Trinajstić information content (AvgIpc) is 2.40. The van der Waals surface area contributed by atoms with Gasteiger partial charge in [0.05, 0.1) is 19.6 Å². The summed E-state index contributed by atoms with van der Waals surface area (Å²) in [5, 5.41) is 3.20. The monoisotopic (exact) mass is 291 g/mol. The molecule has 0 bridgehead atoms. The Morgan fingerprint density at radius 2 is 1.85 bits per heavy atom. The maximum atomic E-state index is 11.9. The standard InChI is InChI=1S/C14H20F3NO2/c1-2-18-11-12-5-3-4-6-13(12)20-10-9-19-8-7-14(15,16)17/h3-6,18H,2,7-11H2,1H3. The predicted molar refractivity (Wildman–Crippen MR) is 70.8 cm³/mol. The number of rotatable bonds is 9. The van der Waals surface area contributed by atoms with Crippen LogP contribution < -0.4 is 10.1 Å². The second-order valence-corrected chi connectivity index (χ2v) is 4.21. The summed E-state index contributed by atoms with van der Waals surface area (Å²) >= 11 is 0. The molecule has 3 nitrogen and oxygen atoms in total. The minimum atomic E-state index is -4.17. The molecular formula is C14H20F3NO2. The Hall–Kier alpha value is -1.27. The number of ether oxygens (including phenoxy) is 2. The lowest BCUT2D eigenvalue weighted by atomic mass is 10.2. The van der Waals surface area contributed by atoms with Gasteiger partial charge < -0.3 is 14.8 Å². The van der Waals surface area contributed by atoms with Gasteiger partial charge in [-0.25, -0.2) is 0 Å². The van der Waals surface area contributed by atoms with E-state index in [0.717, 1.165) is 17.9 Å². The van der Waals surface area contributed by atoms with Gasteiger partial charge in [0.15, 0.2) is 0 Å². The van der Waals surface area contributed by atoms with Crippen LogP contribution in [0.5, 0.6) is 5.75 Å². The molecular weight excluding hydrogens is 271 g/mol. The van der Waals surface area contributed by atoms with Crippen LogP contribution in [0.3, 0.4) is 0 Å². The number of alkyl halides is 3. The van der Waals surface area contributed by atoms with Crippen LogP contribution in [0, 0.1) is 0 Å². The van der Waals surface area contributed by atoms with Crippen molar-refractivity contribution < 1.29 is 22.6 Å². The van der Waals surface area contributed by atoms with Crippen molar-refractivity contribution in [3.8, 4) is 5.75 Å². The Morgan fingerprint density at radius 3 is 2.55 bits per heavy atom. The summed E-state index contributed by atoms with van der Waals surface area (Å²) < 4.78 is 46.1. The van der Waals surface area contributed by atoms with E-state index >= 15 is 0 Å². The quantitative estimate of drug-likeness (QED) is 0.709. The van der Waals surface area contributed by atoms with Crippen molar-refractivity contribution in [3.05, 3.63) is 29.8 Å². The molecule has 0 atom stereocenters. The van der Waals surface area contributed by atoms with E-state index in [4.69, 9.17) is 9.47 Å². The molecule has 1 N–H and O–H groups in total. The molecule has 6 heteroatoms. The molecule has 20 heavy (non-hydrogen) atoms.